The fourth-order valence-electron chi connectivity index (χ4n) is 2.14. The number of anilines is 2. The molecular weight excluding hydrogens is 240 g/mol. The number of rotatable bonds is 3. The Hall–Kier alpha value is -2.21. The predicted octanol–water partition coefficient (Wildman–Crippen LogP) is 0.895. The standard InChI is InChI=1S/C13H16N6/c14-12-13(18-10-3-6-16-7-10)19-11(8-17-12)9-1-4-15-5-2-9/h1-2,4-5,8,10,16H,3,6-7H2,(H2,14,17)(H,18,19). The largest absolute Gasteiger partial charge is 0.381 e. The molecule has 0 spiro atoms. The maximum absolute atomic E-state index is 5.88. The molecule has 4 N–H and O–H groups in total. The van der Waals surface area contributed by atoms with E-state index >= 15 is 0 Å². The number of nitrogen functional groups attached to an aromatic ring is 1. The summed E-state index contributed by atoms with van der Waals surface area (Å²) in [5.41, 5.74) is 7.65. The molecule has 2 aromatic heterocycles. The van der Waals surface area contributed by atoms with E-state index in [1.54, 1.807) is 18.6 Å². The molecule has 1 aliphatic rings. The van der Waals surface area contributed by atoms with Gasteiger partial charge in [-0.05, 0) is 25.1 Å². The van der Waals surface area contributed by atoms with Crippen molar-refractivity contribution in [1.29, 1.82) is 0 Å². The Morgan fingerprint density at radius 3 is 2.89 bits per heavy atom. The van der Waals surface area contributed by atoms with Gasteiger partial charge in [0, 0.05) is 30.5 Å². The van der Waals surface area contributed by atoms with Crippen LogP contribution >= 0.6 is 0 Å². The van der Waals surface area contributed by atoms with Crippen LogP contribution in [-0.2, 0) is 0 Å². The van der Waals surface area contributed by atoms with Crippen molar-refractivity contribution < 1.29 is 0 Å². The molecule has 0 aromatic carbocycles. The topological polar surface area (TPSA) is 88.8 Å². The van der Waals surface area contributed by atoms with Gasteiger partial charge in [-0.15, -0.1) is 0 Å². The molecule has 3 heterocycles. The van der Waals surface area contributed by atoms with Crippen molar-refractivity contribution in [2.24, 2.45) is 0 Å². The van der Waals surface area contributed by atoms with Gasteiger partial charge in [0.15, 0.2) is 11.6 Å². The van der Waals surface area contributed by atoms with Gasteiger partial charge in [0.2, 0.25) is 0 Å². The summed E-state index contributed by atoms with van der Waals surface area (Å²) in [6.07, 6.45) is 6.23. The molecule has 1 unspecified atom stereocenters. The summed E-state index contributed by atoms with van der Waals surface area (Å²) in [5.74, 6) is 1.09. The Morgan fingerprint density at radius 2 is 2.16 bits per heavy atom. The second-order valence-electron chi connectivity index (χ2n) is 4.56. The van der Waals surface area contributed by atoms with Gasteiger partial charge in [-0.25, -0.2) is 9.97 Å². The van der Waals surface area contributed by atoms with Crippen LogP contribution in [0.4, 0.5) is 11.6 Å². The fraction of sp³-hybridized carbons (Fsp3) is 0.308. The van der Waals surface area contributed by atoms with Crippen molar-refractivity contribution in [3.63, 3.8) is 0 Å². The van der Waals surface area contributed by atoms with Crippen molar-refractivity contribution in [3.05, 3.63) is 30.7 Å². The molecule has 1 atom stereocenters. The van der Waals surface area contributed by atoms with E-state index in [9.17, 15) is 0 Å². The molecule has 0 aliphatic carbocycles. The van der Waals surface area contributed by atoms with Crippen LogP contribution in [0.15, 0.2) is 30.7 Å². The van der Waals surface area contributed by atoms with Gasteiger partial charge in [-0.3, -0.25) is 4.98 Å². The predicted molar refractivity (Wildman–Crippen MR) is 74.6 cm³/mol. The summed E-state index contributed by atoms with van der Waals surface area (Å²) in [5, 5.41) is 6.64. The Balaban J connectivity index is 1.87. The smallest absolute Gasteiger partial charge is 0.169 e. The van der Waals surface area contributed by atoms with Crippen LogP contribution in [-0.4, -0.2) is 34.1 Å². The van der Waals surface area contributed by atoms with Crippen LogP contribution in [0.1, 0.15) is 6.42 Å². The summed E-state index contributed by atoms with van der Waals surface area (Å²) in [6, 6.07) is 4.17. The summed E-state index contributed by atoms with van der Waals surface area (Å²) in [4.78, 5) is 12.8. The SMILES string of the molecule is Nc1ncc(-c2ccncc2)nc1NC1CCNC1. The number of aromatic nitrogens is 3. The number of nitrogens with one attached hydrogen (secondary N) is 2. The van der Waals surface area contributed by atoms with Gasteiger partial charge in [0.1, 0.15) is 0 Å². The number of hydrogen-bond acceptors (Lipinski definition) is 6. The lowest BCUT2D eigenvalue weighted by Gasteiger charge is -2.14. The van der Waals surface area contributed by atoms with Gasteiger partial charge in [-0.2, -0.15) is 0 Å². The van der Waals surface area contributed by atoms with Gasteiger partial charge >= 0.3 is 0 Å². The minimum absolute atomic E-state index is 0.365. The van der Waals surface area contributed by atoms with Crippen molar-refractivity contribution in [1.82, 2.24) is 20.3 Å². The monoisotopic (exact) mass is 256 g/mol. The van der Waals surface area contributed by atoms with Gasteiger partial charge in [0.25, 0.3) is 0 Å². The van der Waals surface area contributed by atoms with Crippen molar-refractivity contribution in [3.8, 4) is 11.3 Å². The molecule has 2 aromatic rings. The molecule has 0 bridgehead atoms. The van der Waals surface area contributed by atoms with Crippen LogP contribution < -0.4 is 16.4 Å². The first-order chi connectivity index (χ1) is 9.33. The molecule has 0 radical (unpaired) electrons. The zero-order chi connectivity index (χ0) is 13.1. The molecule has 1 fully saturated rings. The third kappa shape index (κ3) is 2.63. The highest BCUT2D eigenvalue weighted by Crippen LogP contribution is 2.21. The third-order valence-corrected chi connectivity index (χ3v) is 3.18. The van der Waals surface area contributed by atoms with E-state index in [1.165, 1.54) is 0 Å². The van der Waals surface area contributed by atoms with E-state index in [0.29, 0.717) is 17.7 Å². The molecule has 19 heavy (non-hydrogen) atoms. The molecule has 3 rings (SSSR count). The normalized spacial score (nSPS) is 18.4. The first-order valence-electron chi connectivity index (χ1n) is 6.33. The Morgan fingerprint density at radius 1 is 1.32 bits per heavy atom. The number of hydrogen-bond donors (Lipinski definition) is 3. The molecular formula is C13H16N6. The van der Waals surface area contributed by atoms with Gasteiger partial charge < -0.3 is 16.4 Å². The van der Waals surface area contributed by atoms with Gasteiger partial charge in [0.05, 0.1) is 11.9 Å². The summed E-state index contributed by atoms with van der Waals surface area (Å²) >= 11 is 0. The van der Waals surface area contributed by atoms with Crippen LogP contribution in [0, 0.1) is 0 Å². The van der Waals surface area contributed by atoms with Gasteiger partial charge in [-0.1, -0.05) is 0 Å². The molecule has 6 heteroatoms. The van der Waals surface area contributed by atoms with Crippen LogP contribution in [0.25, 0.3) is 11.3 Å². The minimum Gasteiger partial charge on any atom is -0.381 e. The lowest BCUT2D eigenvalue weighted by molar-refractivity contribution is 0.787. The lowest BCUT2D eigenvalue weighted by atomic mass is 10.2. The number of pyridine rings is 1. The zero-order valence-corrected chi connectivity index (χ0v) is 10.5. The quantitative estimate of drug-likeness (QED) is 0.756. The van der Waals surface area contributed by atoms with E-state index in [0.717, 1.165) is 30.8 Å². The zero-order valence-electron chi connectivity index (χ0n) is 10.5. The molecule has 0 saturated carbocycles. The first-order valence-corrected chi connectivity index (χ1v) is 6.33. The van der Waals surface area contributed by atoms with Crippen LogP contribution in [0.2, 0.25) is 0 Å². The highest BCUT2D eigenvalue weighted by Gasteiger charge is 2.16. The number of nitrogens with two attached hydrogens (primary N) is 1. The highest BCUT2D eigenvalue weighted by atomic mass is 15.1. The van der Waals surface area contributed by atoms with E-state index < -0.39 is 0 Å². The van der Waals surface area contributed by atoms with Crippen molar-refractivity contribution >= 4 is 11.6 Å². The second kappa shape index (κ2) is 5.19. The highest BCUT2D eigenvalue weighted by molar-refractivity contribution is 5.65. The fourth-order valence-corrected chi connectivity index (χ4v) is 2.14. The second-order valence-corrected chi connectivity index (χ2v) is 4.56. The first kappa shape index (κ1) is 11.9. The average molecular weight is 256 g/mol. The average Bonchev–Trinajstić information content (AvgIpc) is 2.95. The molecule has 1 saturated heterocycles. The molecule has 98 valence electrons. The Bertz CT molecular complexity index is 550. The van der Waals surface area contributed by atoms with E-state index in [1.807, 2.05) is 12.1 Å². The lowest BCUT2D eigenvalue weighted by Crippen LogP contribution is -2.23. The van der Waals surface area contributed by atoms with Crippen molar-refractivity contribution in [2.45, 2.75) is 12.5 Å². The number of nitrogens with zero attached hydrogens (tertiary/aromatic N) is 3. The van der Waals surface area contributed by atoms with E-state index in [-0.39, 0.29) is 0 Å². The third-order valence-electron chi connectivity index (χ3n) is 3.18. The van der Waals surface area contributed by atoms with E-state index in [4.69, 9.17) is 5.73 Å². The van der Waals surface area contributed by atoms with Crippen LogP contribution in [0.5, 0.6) is 0 Å². The molecule has 0 amide bonds. The van der Waals surface area contributed by atoms with Crippen molar-refractivity contribution in [2.75, 3.05) is 24.1 Å². The molecule has 1 aliphatic heterocycles. The Kier molecular flexibility index (Phi) is 3.24. The summed E-state index contributed by atoms with van der Waals surface area (Å²) in [7, 11) is 0. The Labute approximate surface area is 111 Å². The molecule has 6 nitrogen and oxygen atoms in total. The van der Waals surface area contributed by atoms with Crippen LogP contribution in [0.3, 0.4) is 0 Å². The summed E-state index contributed by atoms with van der Waals surface area (Å²) < 4.78 is 0. The summed E-state index contributed by atoms with van der Waals surface area (Å²) in [6.45, 7) is 1.95. The maximum Gasteiger partial charge on any atom is 0.169 e. The minimum atomic E-state index is 0.365. The van der Waals surface area contributed by atoms with E-state index in [2.05, 4.69) is 25.6 Å². The maximum atomic E-state index is 5.88.